The van der Waals surface area contributed by atoms with Gasteiger partial charge in [-0.25, -0.2) is 0 Å². The van der Waals surface area contributed by atoms with E-state index in [1.807, 2.05) is 0 Å². The van der Waals surface area contributed by atoms with E-state index in [4.69, 9.17) is 9.47 Å². The van der Waals surface area contributed by atoms with Crippen LogP contribution in [0.1, 0.15) is 22.8 Å². The smallest absolute Gasteiger partial charge is 0.293 e. The number of hydrogen-bond acceptors (Lipinski definition) is 7. The molecule has 32 heavy (non-hydrogen) atoms. The predicted molar refractivity (Wildman–Crippen MR) is 118 cm³/mol. The Hall–Kier alpha value is -3.79. The van der Waals surface area contributed by atoms with Crippen molar-refractivity contribution in [1.29, 1.82) is 0 Å². The fourth-order valence-corrected chi connectivity index (χ4v) is 4.00. The van der Waals surface area contributed by atoms with Gasteiger partial charge in [0.2, 0.25) is 12.7 Å². The molecule has 4 amide bonds. The zero-order valence-electron chi connectivity index (χ0n) is 17.0. The van der Waals surface area contributed by atoms with E-state index in [-0.39, 0.29) is 31.7 Å². The molecule has 164 valence electrons. The summed E-state index contributed by atoms with van der Waals surface area (Å²) in [5.74, 6) is 0.266. The maximum absolute atomic E-state index is 12.6. The number of nitrogens with zero attached hydrogens (tertiary/aromatic N) is 1. The van der Waals surface area contributed by atoms with Gasteiger partial charge in [0.05, 0.1) is 4.91 Å². The Kier molecular flexibility index (Phi) is 6.13. The molecule has 2 aromatic carbocycles. The van der Waals surface area contributed by atoms with Gasteiger partial charge < -0.3 is 20.1 Å². The standard InChI is InChI=1S/C22H19N3O6S/c1-13(26)24-16-5-3-15(4-6-16)20(27)23-8-9-25-21(28)19(32-22(25)29)11-14-2-7-17-18(10-14)31-12-30-17/h2-7,10-11H,8-9,12H2,1H3,(H,23,27)(H,24,26)/b19-11+. The average molecular weight is 453 g/mol. The van der Waals surface area contributed by atoms with Gasteiger partial charge in [-0.2, -0.15) is 0 Å². The highest BCUT2D eigenvalue weighted by Crippen LogP contribution is 2.36. The Morgan fingerprint density at radius 3 is 2.59 bits per heavy atom. The summed E-state index contributed by atoms with van der Waals surface area (Å²) < 4.78 is 10.6. The predicted octanol–water partition coefficient (Wildman–Crippen LogP) is 2.84. The van der Waals surface area contributed by atoms with Crippen molar-refractivity contribution in [2.75, 3.05) is 25.2 Å². The number of nitrogens with one attached hydrogen (secondary N) is 2. The van der Waals surface area contributed by atoms with E-state index in [0.29, 0.717) is 27.7 Å². The summed E-state index contributed by atoms with van der Waals surface area (Å²) >= 11 is 0.851. The minimum absolute atomic E-state index is 0.0544. The maximum atomic E-state index is 12.6. The minimum atomic E-state index is -0.411. The van der Waals surface area contributed by atoms with E-state index in [2.05, 4.69) is 10.6 Å². The fourth-order valence-electron chi connectivity index (χ4n) is 3.14. The lowest BCUT2D eigenvalue weighted by molar-refractivity contribution is -0.122. The third-order valence-electron chi connectivity index (χ3n) is 4.66. The van der Waals surface area contributed by atoms with E-state index in [1.54, 1.807) is 48.5 Å². The third kappa shape index (κ3) is 4.75. The first-order valence-electron chi connectivity index (χ1n) is 9.71. The Bertz CT molecular complexity index is 1130. The number of ether oxygens (including phenoxy) is 2. The number of fused-ring (bicyclic) bond motifs is 1. The van der Waals surface area contributed by atoms with Crippen LogP contribution in [-0.2, 0) is 9.59 Å². The number of benzene rings is 2. The van der Waals surface area contributed by atoms with E-state index < -0.39 is 11.1 Å². The molecule has 0 spiro atoms. The maximum Gasteiger partial charge on any atom is 0.293 e. The van der Waals surface area contributed by atoms with Crippen molar-refractivity contribution in [2.45, 2.75) is 6.92 Å². The summed E-state index contributed by atoms with van der Waals surface area (Å²) in [6.07, 6.45) is 1.63. The molecule has 0 unspecified atom stereocenters. The molecule has 2 aliphatic heterocycles. The van der Waals surface area contributed by atoms with Crippen molar-refractivity contribution in [1.82, 2.24) is 10.2 Å². The first-order chi connectivity index (χ1) is 15.4. The van der Waals surface area contributed by atoms with E-state index >= 15 is 0 Å². The van der Waals surface area contributed by atoms with Gasteiger partial charge in [0, 0.05) is 31.3 Å². The number of amides is 4. The van der Waals surface area contributed by atoms with Crippen LogP contribution in [0.3, 0.4) is 0 Å². The highest BCUT2D eigenvalue weighted by molar-refractivity contribution is 8.18. The van der Waals surface area contributed by atoms with Crippen molar-refractivity contribution in [3.63, 3.8) is 0 Å². The van der Waals surface area contributed by atoms with Crippen molar-refractivity contribution in [2.24, 2.45) is 0 Å². The Balaban J connectivity index is 1.33. The quantitative estimate of drug-likeness (QED) is 0.647. The molecule has 2 heterocycles. The molecule has 0 bridgehead atoms. The summed E-state index contributed by atoms with van der Waals surface area (Å²) in [5.41, 5.74) is 1.70. The average Bonchev–Trinajstić information content (AvgIpc) is 3.33. The van der Waals surface area contributed by atoms with Crippen LogP contribution >= 0.6 is 11.8 Å². The van der Waals surface area contributed by atoms with Crippen LogP contribution in [0.4, 0.5) is 10.5 Å². The number of anilines is 1. The summed E-state index contributed by atoms with van der Waals surface area (Å²) in [5, 5.41) is 4.92. The molecule has 1 saturated heterocycles. The Morgan fingerprint density at radius 2 is 1.84 bits per heavy atom. The van der Waals surface area contributed by atoms with Gasteiger partial charge in [0.1, 0.15) is 0 Å². The molecular formula is C22H19N3O6S. The Morgan fingerprint density at radius 1 is 1.09 bits per heavy atom. The van der Waals surface area contributed by atoms with Gasteiger partial charge >= 0.3 is 0 Å². The van der Waals surface area contributed by atoms with Gasteiger partial charge in [-0.05, 0) is 59.8 Å². The Labute approximate surface area is 187 Å². The largest absolute Gasteiger partial charge is 0.454 e. The molecule has 0 saturated carbocycles. The summed E-state index contributed by atoms with van der Waals surface area (Å²) in [6, 6.07) is 11.7. The number of imide groups is 1. The second kappa shape index (κ2) is 9.15. The van der Waals surface area contributed by atoms with Crippen LogP contribution in [0.5, 0.6) is 11.5 Å². The molecule has 1 fully saturated rings. The molecule has 9 nitrogen and oxygen atoms in total. The second-order valence-corrected chi connectivity index (χ2v) is 7.95. The highest BCUT2D eigenvalue weighted by Gasteiger charge is 2.34. The van der Waals surface area contributed by atoms with Crippen LogP contribution in [0.2, 0.25) is 0 Å². The lowest BCUT2D eigenvalue weighted by Gasteiger charge is -2.13. The SMILES string of the molecule is CC(=O)Nc1ccc(C(=O)NCCN2C(=O)S/C(=C/c3ccc4c(c3)OCO4)C2=O)cc1. The van der Waals surface area contributed by atoms with Crippen LogP contribution < -0.4 is 20.1 Å². The third-order valence-corrected chi connectivity index (χ3v) is 5.56. The van der Waals surface area contributed by atoms with Gasteiger partial charge in [0.15, 0.2) is 11.5 Å². The normalized spacial score (nSPS) is 15.9. The van der Waals surface area contributed by atoms with Crippen molar-refractivity contribution < 1.29 is 28.7 Å². The topological polar surface area (TPSA) is 114 Å². The lowest BCUT2D eigenvalue weighted by Crippen LogP contribution is -2.37. The summed E-state index contributed by atoms with van der Waals surface area (Å²) in [7, 11) is 0. The van der Waals surface area contributed by atoms with Crippen molar-refractivity contribution in [3.05, 3.63) is 58.5 Å². The number of hydrogen-bond donors (Lipinski definition) is 2. The highest BCUT2D eigenvalue weighted by atomic mass is 32.2. The molecule has 2 aromatic rings. The van der Waals surface area contributed by atoms with E-state index in [9.17, 15) is 19.2 Å². The van der Waals surface area contributed by atoms with Gasteiger partial charge in [-0.15, -0.1) is 0 Å². The van der Waals surface area contributed by atoms with Gasteiger partial charge in [-0.3, -0.25) is 24.1 Å². The zero-order valence-corrected chi connectivity index (χ0v) is 17.9. The summed E-state index contributed by atoms with van der Waals surface area (Å²) in [6.45, 7) is 1.72. The minimum Gasteiger partial charge on any atom is -0.454 e. The summed E-state index contributed by atoms with van der Waals surface area (Å²) in [4.78, 5) is 49.7. The molecule has 0 radical (unpaired) electrons. The molecule has 10 heteroatoms. The molecule has 2 N–H and O–H groups in total. The second-order valence-electron chi connectivity index (χ2n) is 6.96. The van der Waals surface area contributed by atoms with Crippen LogP contribution in [-0.4, -0.2) is 47.7 Å². The monoisotopic (exact) mass is 453 g/mol. The van der Waals surface area contributed by atoms with Crippen LogP contribution in [0.25, 0.3) is 6.08 Å². The van der Waals surface area contributed by atoms with Crippen LogP contribution in [0, 0.1) is 0 Å². The molecule has 4 rings (SSSR count). The van der Waals surface area contributed by atoms with Gasteiger partial charge in [-0.1, -0.05) is 6.07 Å². The van der Waals surface area contributed by atoms with Crippen molar-refractivity contribution >= 4 is 46.5 Å². The number of thioether (sulfide) groups is 1. The molecule has 0 aliphatic carbocycles. The molecule has 2 aliphatic rings. The fraction of sp³-hybridized carbons (Fsp3) is 0.182. The number of carbonyl (C=O) groups is 4. The first-order valence-corrected chi connectivity index (χ1v) is 10.5. The van der Waals surface area contributed by atoms with Gasteiger partial charge in [0.25, 0.3) is 17.1 Å². The lowest BCUT2D eigenvalue weighted by atomic mass is 10.2. The van der Waals surface area contributed by atoms with Crippen molar-refractivity contribution in [3.8, 4) is 11.5 Å². The molecule has 0 aromatic heterocycles. The van der Waals surface area contributed by atoms with E-state index in [0.717, 1.165) is 22.2 Å². The zero-order chi connectivity index (χ0) is 22.7. The van der Waals surface area contributed by atoms with E-state index in [1.165, 1.54) is 6.92 Å². The molecule has 0 atom stereocenters. The number of carbonyl (C=O) groups excluding carboxylic acids is 4. The molecular weight excluding hydrogens is 434 g/mol. The number of rotatable bonds is 6. The first kappa shape index (κ1) is 21.4. The van der Waals surface area contributed by atoms with Crippen LogP contribution in [0.15, 0.2) is 47.4 Å².